The molecule has 1 aliphatic rings. The van der Waals surface area contributed by atoms with E-state index >= 15 is 0 Å². The number of rotatable bonds is 5. The lowest BCUT2D eigenvalue weighted by Crippen LogP contribution is -2.59. The van der Waals surface area contributed by atoms with Gasteiger partial charge in [-0.05, 0) is 24.1 Å². The molecule has 138 valence electrons. The van der Waals surface area contributed by atoms with E-state index < -0.39 is 22.0 Å². The summed E-state index contributed by atoms with van der Waals surface area (Å²) in [5.41, 5.74) is -0.166. The maximum absolute atomic E-state index is 13.2. The van der Waals surface area contributed by atoms with Crippen molar-refractivity contribution in [2.45, 2.75) is 24.8 Å². The first-order chi connectivity index (χ1) is 11.6. The predicted molar refractivity (Wildman–Crippen MR) is 90.1 cm³/mol. The Morgan fingerprint density at radius 1 is 1.32 bits per heavy atom. The number of likely N-dealkylation sites (N-methyl/N-ethyl adjacent to an activating group) is 1. The molecule has 1 N–H and O–H groups in total. The van der Waals surface area contributed by atoms with Crippen LogP contribution in [0.1, 0.15) is 24.2 Å². The monoisotopic (exact) mass is 370 g/mol. The number of piperazine rings is 1. The number of carboxylic acids is 1. The highest BCUT2D eigenvalue weighted by Crippen LogP contribution is 2.32. The average Bonchev–Trinajstić information content (AvgIpc) is 2.55. The Balaban J connectivity index is 2.59. The molecule has 0 aromatic heterocycles. The molecule has 0 bridgehead atoms. The molecule has 1 amide bonds. The molecule has 0 aliphatic carbocycles. The summed E-state index contributed by atoms with van der Waals surface area (Å²) in [6, 6.07) is 2.80. The number of carboxylic acid groups (broad SMARTS) is 1. The number of methoxy groups -OCH3 is 1. The Labute approximate surface area is 147 Å². The van der Waals surface area contributed by atoms with Gasteiger partial charge in [0.05, 0.1) is 12.7 Å². The van der Waals surface area contributed by atoms with Crippen molar-refractivity contribution in [3.63, 3.8) is 0 Å². The zero-order valence-corrected chi connectivity index (χ0v) is 15.4. The fraction of sp³-hybridized carbons (Fsp3) is 0.500. The first-order valence-corrected chi connectivity index (χ1v) is 9.23. The third-order valence-electron chi connectivity index (χ3n) is 4.22. The molecule has 8 nitrogen and oxygen atoms in total. The largest absolute Gasteiger partial charge is 0.495 e. The van der Waals surface area contributed by atoms with Gasteiger partial charge in [0.1, 0.15) is 16.7 Å². The van der Waals surface area contributed by atoms with Gasteiger partial charge in [-0.15, -0.1) is 0 Å². The summed E-state index contributed by atoms with van der Waals surface area (Å²) in [5.74, 6) is -1.72. The quantitative estimate of drug-likeness (QED) is 0.825. The second kappa shape index (κ2) is 7.01. The first-order valence-electron chi connectivity index (χ1n) is 7.79. The van der Waals surface area contributed by atoms with E-state index in [4.69, 9.17) is 9.84 Å². The molecule has 1 saturated heterocycles. The number of aromatic carboxylic acids is 1. The van der Waals surface area contributed by atoms with E-state index in [2.05, 4.69) is 0 Å². The third kappa shape index (κ3) is 3.47. The van der Waals surface area contributed by atoms with E-state index in [0.29, 0.717) is 0 Å². The van der Waals surface area contributed by atoms with Crippen LogP contribution in [0.3, 0.4) is 0 Å². The minimum atomic E-state index is -4.11. The van der Waals surface area contributed by atoms with Gasteiger partial charge in [-0.25, -0.2) is 13.2 Å². The molecule has 1 atom stereocenters. The number of sulfonamides is 1. The van der Waals surface area contributed by atoms with E-state index in [9.17, 15) is 18.0 Å². The van der Waals surface area contributed by atoms with Crippen molar-refractivity contribution in [3.05, 3.63) is 23.8 Å². The van der Waals surface area contributed by atoms with Crippen LogP contribution < -0.4 is 4.74 Å². The first kappa shape index (κ1) is 19.2. The maximum atomic E-state index is 13.2. The van der Waals surface area contributed by atoms with Crippen LogP contribution in [0.25, 0.3) is 0 Å². The van der Waals surface area contributed by atoms with Crippen molar-refractivity contribution < 1.29 is 27.9 Å². The number of hydrogen-bond donors (Lipinski definition) is 1. The van der Waals surface area contributed by atoms with Crippen LogP contribution in [0, 0.1) is 5.92 Å². The van der Waals surface area contributed by atoms with Crippen LogP contribution in [0.2, 0.25) is 0 Å². The van der Waals surface area contributed by atoms with E-state index in [-0.39, 0.29) is 41.1 Å². The lowest BCUT2D eigenvalue weighted by atomic mass is 10.0. The topological polar surface area (TPSA) is 104 Å². The van der Waals surface area contributed by atoms with Crippen molar-refractivity contribution in [3.8, 4) is 5.75 Å². The Kier molecular flexibility index (Phi) is 5.38. The Hall–Kier alpha value is -2.13. The summed E-state index contributed by atoms with van der Waals surface area (Å²) < 4.78 is 32.6. The minimum Gasteiger partial charge on any atom is -0.495 e. The summed E-state index contributed by atoms with van der Waals surface area (Å²) in [5, 5.41) is 9.16. The fourth-order valence-electron chi connectivity index (χ4n) is 2.87. The number of amides is 1. The summed E-state index contributed by atoms with van der Waals surface area (Å²) in [6.45, 7) is 3.94. The molecule has 1 aromatic carbocycles. The van der Waals surface area contributed by atoms with E-state index in [1.54, 1.807) is 20.9 Å². The summed E-state index contributed by atoms with van der Waals surface area (Å²) in [4.78, 5) is 24.9. The van der Waals surface area contributed by atoms with E-state index in [1.165, 1.54) is 24.1 Å². The van der Waals surface area contributed by atoms with Crippen LogP contribution >= 0.6 is 0 Å². The molecule has 25 heavy (non-hydrogen) atoms. The molecule has 0 radical (unpaired) electrons. The molecule has 0 spiro atoms. The van der Waals surface area contributed by atoms with Gasteiger partial charge in [-0.2, -0.15) is 4.31 Å². The Bertz CT molecular complexity index is 790. The van der Waals surface area contributed by atoms with Gasteiger partial charge < -0.3 is 14.7 Å². The molecule has 1 fully saturated rings. The number of benzene rings is 1. The molecule has 9 heteroatoms. The normalized spacial score (nSPS) is 19.3. The SMILES string of the molecule is COc1ccc(C(=O)O)cc1S(=O)(=O)N1CCN(C)C(=O)C1C(C)C. The highest BCUT2D eigenvalue weighted by Gasteiger charge is 2.43. The Morgan fingerprint density at radius 3 is 2.48 bits per heavy atom. The second-order valence-corrected chi connectivity index (χ2v) is 8.09. The fourth-order valence-corrected chi connectivity index (χ4v) is 4.76. The average molecular weight is 370 g/mol. The van der Waals surface area contributed by atoms with Crippen LogP contribution in [-0.4, -0.2) is 67.9 Å². The lowest BCUT2D eigenvalue weighted by molar-refractivity contribution is -0.138. The van der Waals surface area contributed by atoms with Gasteiger partial charge in [0.25, 0.3) is 0 Å². The number of ether oxygens (including phenoxy) is 1. The second-order valence-electron chi connectivity index (χ2n) is 6.24. The molecule has 1 aliphatic heterocycles. The van der Waals surface area contributed by atoms with Crippen molar-refractivity contribution in [1.29, 1.82) is 0 Å². The maximum Gasteiger partial charge on any atom is 0.335 e. The van der Waals surface area contributed by atoms with Gasteiger partial charge in [0, 0.05) is 20.1 Å². The Morgan fingerprint density at radius 2 is 1.96 bits per heavy atom. The summed E-state index contributed by atoms with van der Waals surface area (Å²) in [6.07, 6.45) is 0. The molecule has 1 aromatic rings. The van der Waals surface area contributed by atoms with Gasteiger partial charge in [-0.1, -0.05) is 13.8 Å². The standard InChI is InChI=1S/C16H22N2O6S/c1-10(2)14-15(19)17(3)7-8-18(14)25(22,23)13-9-11(16(20)21)5-6-12(13)24-4/h5-6,9-10,14H,7-8H2,1-4H3,(H,20,21). The number of carbonyl (C=O) groups is 2. The van der Waals surface area contributed by atoms with E-state index in [0.717, 1.165) is 10.4 Å². The zero-order valence-electron chi connectivity index (χ0n) is 14.6. The van der Waals surface area contributed by atoms with Crippen molar-refractivity contribution in [2.75, 3.05) is 27.2 Å². The molecule has 1 unspecified atom stereocenters. The smallest absolute Gasteiger partial charge is 0.335 e. The third-order valence-corrected chi connectivity index (χ3v) is 6.13. The van der Waals surface area contributed by atoms with E-state index in [1.807, 2.05) is 0 Å². The minimum absolute atomic E-state index is 0.0406. The van der Waals surface area contributed by atoms with Crippen LogP contribution in [0.5, 0.6) is 5.75 Å². The zero-order chi connectivity index (χ0) is 18.9. The highest BCUT2D eigenvalue weighted by molar-refractivity contribution is 7.89. The van der Waals surface area contributed by atoms with Crippen LogP contribution in [0.15, 0.2) is 23.1 Å². The molecule has 0 saturated carbocycles. The number of carbonyl (C=O) groups excluding carboxylic acids is 1. The van der Waals surface area contributed by atoms with Gasteiger partial charge in [-0.3, -0.25) is 4.79 Å². The van der Waals surface area contributed by atoms with Gasteiger partial charge >= 0.3 is 5.97 Å². The lowest BCUT2D eigenvalue weighted by Gasteiger charge is -2.40. The van der Waals surface area contributed by atoms with Crippen molar-refractivity contribution in [1.82, 2.24) is 9.21 Å². The molecule has 2 rings (SSSR count). The van der Waals surface area contributed by atoms with Crippen LogP contribution in [0.4, 0.5) is 0 Å². The van der Waals surface area contributed by atoms with Gasteiger partial charge in [0.15, 0.2) is 0 Å². The summed E-state index contributed by atoms with van der Waals surface area (Å²) >= 11 is 0. The highest BCUT2D eigenvalue weighted by atomic mass is 32.2. The van der Waals surface area contributed by atoms with Crippen molar-refractivity contribution >= 4 is 21.9 Å². The molecular weight excluding hydrogens is 348 g/mol. The number of hydrogen-bond acceptors (Lipinski definition) is 5. The molecule has 1 heterocycles. The van der Waals surface area contributed by atoms with Crippen LogP contribution in [-0.2, 0) is 14.8 Å². The molecular formula is C16H22N2O6S. The van der Waals surface area contributed by atoms with Gasteiger partial charge in [0.2, 0.25) is 15.9 Å². The van der Waals surface area contributed by atoms with Crippen molar-refractivity contribution in [2.24, 2.45) is 5.92 Å². The predicted octanol–water partition coefficient (Wildman–Crippen LogP) is 0.881. The number of nitrogens with zero attached hydrogens (tertiary/aromatic N) is 2. The summed E-state index contributed by atoms with van der Waals surface area (Å²) in [7, 11) is -1.17.